The highest BCUT2D eigenvalue weighted by atomic mass is 16.4. The van der Waals surface area contributed by atoms with Crippen LogP contribution in [0.25, 0.3) is 22.0 Å². The smallest absolute Gasteiger partial charge is 0.406 e. The first-order valence-corrected chi connectivity index (χ1v) is 6.71. The molecule has 4 rings (SSSR count). The van der Waals surface area contributed by atoms with Crippen molar-refractivity contribution in [1.29, 1.82) is 0 Å². The molecule has 6 heteroatoms. The average molecular weight is 293 g/mol. The maximum absolute atomic E-state index is 12.4. The molecule has 0 radical (unpaired) electrons. The lowest BCUT2D eigenvalue weighted by Crippen LogP contribution is -2.11. The van der Waals surface area contributed by atoms with Crippen LogP contribution in [0, 0.1) is 0 Å². The Balaban J connectivity index is 1.72. The molecule has 0 aliphatic heterocycles. The minimum absolute atomic E-state index is 0.264. The Kier molecular flexibility index (Phi) is 2.62. The number of H-pyrrole nitrogens is 2. The Morgan fingerprint density at radius 1 is 1.09 bits per heavy atom. The van der Waals surface area contributed by atoms with E-state index in [2.05, 4.69) is 15.3 Å². The van der Waals surface area contributed by atoms with Gasteiger partial charge in [-0.25, -0.2) is 4.79 Å². The third-order valence-electron chi connectivity index (χ3n) is 3.51. The van der Waals surface area contributed by atoms with Crippen LogP contribution in [0.2, 0.25) is 0 Å². The second kappa shape index (κ2) is 4.63. The Bertz CT molecular complexity index is 1060. The highest BCUT2D eigenvalue weighted by molar-refractivity contribution is 6.09. The largest absolute Gasteiger partial charge is 0.417 e. The van der Waals surface area contributed by atoms with E-state index in [0.29, 0.717) is 22.4 Å². The van der Waals surface area contributed by atoms with Crippen LogP contribution in [0.1, 0.15) is 10.4 Å². The lowest BCUT2D eigenvalue weighted by atomic mass is 10.1. The third kappa shape index (κ3) is 1.98. The number of para-hydroxylation sites is 1. The fourth-order valence-corrected chi connectivity index (χ4v) is 2.46. The van der Waals surface area contributed by atoms with Gasteiger partial charge in [0.05, 0.1) is 11.2 Å². The van der Waals surface area contributed by atoms with Crippen LogP contribution >= 0.6 is 0 Å². The van der Waals surface area contributed by atoms with Crippen molar-refractivity contribution in [3.8, 4) is 0 Å². The van der Waals surface area contributed by atoms with Gasteiger partial charge in [0.15, 0.2) is 5.58 Å². The molecule has 0 saturated carbocycles. The maximum Gasteiger partial charge on any atom is 0.417 e. The summed E-state index contributed by atoms with van der Waals surface area (Å²) in [7, 11) is 0. The number of anilines is 1. The number of aromatic nitrogens is 2. The van der Waals surface area contributed by atoms with E-state index in [0.717, 1.165) is 10.9 Å². The number of rotatable bonds is 2. The number of oxazole rings is 1. The van der Waals surface area contributed by atoms with Crippen LogP contribution < -0.4 is 11.1 Å². The number of hydrogen-bond donors (Lipinski definition) is 3. The monoisotopic (exact) mass is 293 g/mol. The molecule has 4 aromatic rings. The molecular weight excluding hydrogens is 282 g/mol. The number of amides is 1. The summed E-state index contributed by atoms with van der Waals surface area (Å²) in [5.41, 5.74) is 2.83. The molecule has 0 fully saturated rings. The van der Waals surface area contributed by atoms with Crippen molar-refractivity contribution in [2.45, 2.75) is 0 Å². The first-order valence-electron chi connectivity index (χ1n) is 6.71. The summed E-state index contributed by atoms with van der Waals surface area (Å²) in [6, 6.07) is 12.4. The van der Waals surface area contributed by atoms with Gasteiger partial charge in [-0.1, -0.05) is 6.07 Å². The number of aromatic amines is 2. The quantitative estimate of drug-likeness (QED) is 0.530. The van der Waals surface area contributed by atoms with Crippen LogP contribution in [-0.4, -0.2) is 15.9 Å². The fraction of sp³-hybridized carbons (Fsp3) is 0. The summed E-state index contributed by atoms with van der Waals surface area (Å²) in [4.78, 5) is 29.3. The Morgan fingerprint density at radius 3 is 2.91 bits per heavy atom. The predicted octanol–water partition coefficient (Wildman–Crippen LogP) is 2.85. The van der Waals surface area contributed by atoms with Crippen molar-refractivity contribution >= 4 is 33.6 Å². The number of carbonyl (C=O) groups is 1. The first kappa shape index (κ1) is 12.5. The summed E-state index contributed by atoms with van der Waals surface area (Å²) >= 11 is 0. The second-order valence-electron chi connectivity index (χ2n) is 4.93. The molecule has 6 nitrogen and oxygen atoms in total. The van der Waals surface area contributed by atoms with Gasteiger partial charge in [0.2, 0.25) is 0 Å². The third-order valence-corrected chi connectivity index (χ3v) is 3.51. The lowest BCUT2D eigenvalue weighted by Gasteiger charge is -2.05. The molecule has 0 atom stereocenters. The van der Waals surface area contributed by atoms with E-state index in [1.807, 2.05) is 18.3 Å². The van der Waals surface area contributed by atoms with Gasteiger partial charge in [-0.3, -0.25) is 9.78 Å². The van der Waals surface area contributed by atoms with Crippen LogP contribution in [0.4, 0.5) is 5.69 Å². The topological polar surface area (TPSA) is 90.9 Å². The van der Waals surface area contributed by atoms with Gasteiger partial charge in [-0.2, -0.15) is 0 Å². The first-order chi connectivity index (χ1) is 10.7. The summed E-state index contributed by atoms with van der Waals surface area (Å²) in [6.45, 7) is 0. The minimum atomic E-state index is -0.551. The fourth-order valence-electron chi connectivity index (χ4n) is 2.46. The van der Waals surface area contributed by atoms with Crippen molar-refractivity contribution in [1.82, 2.24) is 9.97 Å². The molecule has 2 aromatic carbocycles. The van der Waals surface area contributed by atoms with Crippen LogP contribution in [0.15, 0.2) is 57.9 Å². The van der Waals surface area contributed by atoms with E-state index in [1.165, 1.54) is 0 Å². The zero-order valence-corrected chi connectivity index (χ0v) is 11.3. The summed E-state index contributed by atoms with van der Waals surface area (Å²) in [5.74, 6) is -0.815. The zero-order chi connectivity index (χ0) is 15.1. The molecule has 0 aliphatic rings. The SMILES string of the molecule is O=C(Nc1cccc2[nH]c(=O)oc12)c1ccc2[nH]ccc2c1. The van der Waals surface area contributed by atoms with Crippen LogP contribution in [0.5, 0.6) is 0 Å². The summed E-state index contributed by atoms with van der Waals surface area (Å²) < 4.78 is 5.06. The lowest BCUT2D eigenvalue weighted by molar-refractivity contribution is 0.102. The number of benzene rings is 2. The van der Waals surface area contributed by atoms with Crippen molar-refractivity contribution in [3.63, 3.8) is 0 Å². The van der Waals surface area contributed by atoms with Crippen LogP contribution in [0.3, 0.4) is 0 Å². The molecule has 22 heavy (non-hydrogen) atoms. The highest BCUT2D eigenvalue weighted by Crippen LogP contribution is 2.22. The molecule has 2 aromatic heterocycles. The van der Waals surface area contributed by atoms with E-state index >= 15 is 0 Å². The molecule has 0 bridgehead atoms. The van der Waals surface area contributed by atoms with E-state index in [4.69, 9.17) is 4.42 Å². The number of carbonyl (C=O) groups excluding carboxylic acids is 1. The summed E-state index contributed by atoms with van der Waals surface area (Å²) in [5, 5.41) is 3.73. The van der Waals surface area contributed by atoms with E-state index in [-0.39, 0.29) is 5.91 Å². The highest BCUT2D eigenvalue weighted by Gasteiger charge is 2.12. The van der Waals surface area contributed by atoms with Gasteiger partial charge in [0.1, 0.15) is 0 Å². The molecule has 2 heterocycles. The van der Waals surface area contributed by atoms with Crippen molar-refractivity contribution < 1.29 is 9.21 Å². The second-order valence-corrected chi connectivity index (χ2v) is 4.93. The van der Waals surface area contributed by atoms with Crippen molar-refractivity contribution in [2.24, 2.45) is 0 Å². The number of nitrogens with one attached hydrogen (secondary N) is 3. The predicted molar refractivity (Wildman–Crippen MR) is 83.1 cm³/mol. The molecular formula is C16H11N3O3. The van der Waals surface area contributed by atoms with Gasteiger partial charge >= 0.3 is 5.76 Å². The zero-order valence-electron chi connectivity index (χ0n) is 11.3. The average Bonchev–Trinajstić information content (AvgIpc) is 3.12. The van der Waals surface area contributed by atoms with Gasteiger partial charge in [0, 0.05) is 22.7 Å². The maximum atomic E-state index is 12.4. The van der Waals surface area contributed by atoms with Crippen molar-refractivity contribution in [2.75, 3.05) is 5.32 Å². The minimum Gasteiger partial charge on any atom is -0.406 e. The Morgan fingerprint density at radius 2 is 2.00 bits per heavy atom. The van der Waals surface area contributed by atoms with E-state index in [9.17, 15) is 9.59 Å². The molecule has 0 spiro atoms. The van der Waals surface area contributed by atoms with Gasteiger partial charge in [-0.05, 0) is 36.4 Å². The van der Waals surface area contributed by atoms with E-state index < -0.39 is 5.76 Å². The molecule has 3 N–H and O–H groups in total. The Hall–Kier alpha value is -3.28. The molecule has 0 saturated heterocycles. The standard InChI is InChI=1S/C16H11N3O3/c20-15(10-4-5-11-9(8-10)6-7-17-11)18-12-2-1-3-13-14(12)22-16(21)19-13/h1-8,17H,(H,18,20)(H,19,21). The molecule has 0 unspecified atom stereocenters. The Labute approximate surface area is 123 Å². The molecule has 0 aliphatic carbocycles. The normalized spacial score (nSPS) is 11.1. The van der Waals surface area contributed by atoms with Gasteiger partial charge in [0.25, 0.3) is 5.91 Å². The van der Waals surface area contributed by atoms with Gasteiger partial charge < -0.3 is 14.7 Å². The number of hydrogen-bond acceptors (Lipinski definition) is 3. The van der Waals surface area contributed by atoms with E-state index in [1.54, 1.807) is 30.3 Å². The molecule has 108 valence electrons. The van der Waals surface area contributed by atoms with Crippen LogP contribution in [-0.2, 0) is 0 Å². The molecule has 1 amide bonds. The number of fused-ring (bicyclic) bond motifs is 2. The van der Waals surface area contributed by atoms with Gasteiger partial charge in [-0.15, -0.1) is 0 Å². The summed E-state index contributed by atoms with van der Waals surface area (Å²) in [6.07, 6.45) is 1.82. The van der Waals surface area contributed by atoms with Crippen molar-refractivity contribution in [3.05, 3.63) is 64.8 Å².